The molecule has 1 amide bonds. The van der Waals surface area contributed by atoms with Crippen LogP contribution in [0.3, 0.4) is 0 Å². The second kappa shape index (κ2) is 7.49. The van der Waals surface area contributed by atoms with Crippen molar-refractivity contribution in [2.24, 2.45) is 0 Å². The number of carbonyl (C=O) groups excluding carboxylic acids is 2. The second-order valence-electron chi connectivity index (χ2n) is 5.63. The smallest absolute Gasteiger partial charge is 0.343 e. The van der Waals surface area contributed by atoms with Crippen LogP contribution in [0.5, 0.6) is 0 Å². The lowest BCUT2D eigenvalue weighted by Crippen LogP contribution is -2.30. The Kier molecular flexibility index (Phi) is 5.13. The average molecular weight is 370 g/mol. The summed E-state index contributed by atoms with van der Waals surface area (Å²) in [5.74, 6) is -0.996. The predicted molar refractivity (Wildman–Crippen MR) is 102 cm³/mol. The Hall–Kier alpha value is -3.00. The van der Waals surface area contributed by atoms with Crippen LogP contribution in [0.25, 0.3) is 10.9 Å². The highest BCUT2D eigenvalue weighted by atomic mass is 32.1. The summed E-state index contributed by atoms with van der Waals surface area (Å²) < 4.78 is 9.46. The number of aromatic nitrogens is 2. The third kappa shape index (κ3) is 3.50. The van der Waals surface area contributed by atoms with Crippen molar-refractivity contribution in [2.75, 3.05) is 17.7 Å². The van der Waals surface area contributed by atoms with Crippen molar-refractivity contribution < 1.29 is 14.3 Å². The quantitative estimate of drug-likeness (QED) is 0.670. The van der Waals surface area contributed by atoms with Gasteiger partial charge in [0.05, 0.1) is 16.9 Å². The third-order valence-electron chi connectivity index (χ3n) is 3.85. The van der Waals surface area contributed by atoms with E-state index < -0.39 is 18.0 Å². The molecule has 2 N–H and O–H groups in total. The number of hydrogen-bond acceptors (Lipinski definition) is 7. The van der Waals surface area contributed by atoms with Crippen LogP contribution < -0.4 is 10.6 Å². The summed E-state index contributed by atoms with van der Waals surface area (Å²) in [4.78, 5) is 29.1. The molecule has 0 aliphatic heterocycles. The number of rotatable bonds is 5. The fourth-order valence-electron chi connectivity index (χ4n) is 2.50. The number of pyridine rings is 1. The standard InChI is InChI=1S/C18H18N4O3S/c1-10-15(17(19-3)26-22-10)18(24)25-11(2)16(23)21-14-8-4-7-13-12(14)6-5-9-20-13/h4-9,11,19H,1-3H3,(H,21,23). The largest absolute Gasteiger partial charge is 0.449 e. The summed E-state index contributed by atoms with van der Waals surface area (Å²) in [6.07, 6.45) is 0.730. The fraction of sp³-hybridized carbons (Fsp3) is 0.222. The molecule has 134 valence electrons. The number of anilines is 2. The van der Waals surface area contributed by atoms with Gasteiger partial charge in [0.25, 0.3) is 5.91 Å². The number of fused-ring (bicyclic) bond motifs is 1. The Morgan fingerprint density at radius 1 is 1.23 bits per heavy atom. The third-order valence-corrected chi connectivity index (χ3v) is 4.81. The molecular weight excluding hydrogens is 352 g/mol. The van der Waals surface area contributed by atoms with Gasteiger partial charge in [-0.15, -0.1) is 0 Å². The Labute approximate surface area is 154 Å². The van der Waals surface area contributed by atoms with Gasteiger partial charge >= 0.3 is 5.97 Å². The average Bonchev–Trinajstić information content (AvgIpc) is 3.02. The molecule has 3 aromatic rings. The Bertz CT molecular complexity index is 965. The fourth-order valence-corrected chi connectivity index (χ4v) is 3.23. The van der Waals surface area contributed by atoms with Gasteiger partial charge in [0.15, 0.2) is 6.10 Å². The van der Waals surface area contributed by atoms with Crippen LogP contribution in [0.4, 0.5) is 10.7 Å². The normalized spacial score (nSPS) is 11.8. The first-order valence-corrected chi connectivity index (χ1v) is 8.78. The summed E-state index contributed by atoms with van der Waals surface area (Å²) >= 11 is 1.17. The number of benzene rings is 1. The van der Waals surface area contributed by atoms with E-state index in [4.69, 9.17) is 4.74 Å². The molecule has 8 heteroatoms. The summed E-state index contributed by atoms with van der Waals surface area (Å²) in [7, 11) is 1.70. The molecule has 1 unspecified atom stereocenters. The van der Waals surface area contributed by atoms with Gasteiger partial charge in [0.2, 0.25) is 0 Å². The lowest BCUT2D eigenvalue weighted by Gasteiger charge is -2.15. The zero-order valence-corrected chi connectivity index (χ0v) is 15.4. The van der Waals surface area contributed by atoms with E-state index in [9.17, 15) is 9.59 Å². The van der Waals surface area contributed by atoms with E-state index in [1.807, 2.05) is 12.1 Å². The first kappa shape index (κ1) is 17.8. The van der Waals surface area contributed by atoms with Crippen molar-refractivity contribution in [3.05, 3.63) is 47.8 Å². The minimum absolute atomic E-state index is 0.353. The molecule has 0 fully saturated rings. The molecule has 0 aliphatic rings. The van der Waals surface area contributed by atoms with Gasteiger partial charge in [0.1, 0.15) is 10.6 Å². The van der Waals surface area contributed by atoms with Crippen LogP contribution in [0, 0.1) is 6.92 Å². The molecule has 0 saturated carbocycles. The van der Waals surface area contributed by atoms with Crippen molar-refractivity contribution in [1.82, 2.24) is 9.36 Å². The van der Waals surface area contributed by atoms with Crippen LogP contribution in [0.2, 0.25) is 0 Å². The zero-order chi connectivity index (χ0) is 18.7. The van der Waals surface area contributed by atoms with Crippen LogP contribution in [-0.4, -0.2) is 34.4 Å². The first-order chi connectivity index (χ1) is 12.5. The number of nitrogens with zero attached hydrogens (tertiary/aromatic N) is 2. The van der Waals surface area contributed by atoms with E-state index in [1.54, 1.807) is 38.4 Å². The monoisotopic (exact) mass is 370 g/mol. The minimum atomic E-state index is -0.960. The maximum absolute atomic E-state index is 12.5. The van der Waals surface area contributed by atoms with Crippen molar-refractivity contribution in [1.29, 1.82) is 0 Å². The van der Waals surface area contributed by atoms with E-state index >= 15 is 0 Å². The van der Waals surface area contributed by atoms with Crippen LogP contribution >= 0.6 is 11.5 Å². The zero-order valence-electron chi connectivity index (χ0n) is 14.6. The number of esters is 1. The van der Waals surface area contributed by atoms with Gasteiger partial charge in [-0.25, -0.2) is 4.79 Å². The molecule has 1 aromatic carbocycles. The molecule has 0 aliphatic carbocycles. The molecule has 0 bridgehead atoms. The van der Waals surface area contributed by atoms with E-state index in [0.717, 1.165) is 10.9 Å². The second-order valence-corrected chi connectivity index (χ2v) is 6.41. The van der Waals surface area contributed by atoms with Crippen molar-refractivity contribution in [2.45, 2.75) is 20.0 Å². The Balaban J connectivity index is 1.73. The molecule has 3 rings (SSSR count). The number of amides is 1. The van der Waals surface area contributed by atoms with E-state index in [-0.39, 0.29) is 0 Å². The first-order valence-electron chi connectivity index (χ1n) is 8.01. The molecule has 7 nitrogen and oxygen atoms in total. The molecule has 2 aromatic heterocycles. The molecule has 1 atom stereocenters. The molecule has 26 heavy (non-hydrogen) atoms. The van der Waals surface area contributed by atoms with Gasteiger partial charge in [-0.3, -0.25) is 9.78 Å². The van der Waals surface area contributed by atoms with Gasteiger partial charge < -0.3 is 15.4 Å². The number of hydrogen-bond donors (Lipinski definition) is 2. The summed E-state index contributed by atoms with van der Waals surface area (Å²) in [5.41, 5.74) is 2.31. The van der Waals surface area contributed by atoms with Gasteiger partial charge in [-0.05, 0) is 49.6 Å². The molecule has 2 heterocycles. The molecular formula is C18H18N4O3S. The number of nitrogens with one attached hydrogen (secondary N) is 2. The predicted octanol–water partition coefficient (Wildman–Crippen LogP) is 3.23. The number of carbonyl (C=O) groups is 2. The molecule has 0 radical (unpaired) electrons. The summed E-state index contributed by atoms with van der Waals surface area (Å²) in [6.45, 7) is 3.26. The summed E-state index contributed by atoms with van der Waals surface area (Å²) in [6, 6.07) is 9.12. The maximum Gasteiger partial charge on any atom is 0.343 e. The van der Waals surface area contributed by atoms with E-state index in [2.05, 4.69) is 20.0 Å². The topological polar surface area (TPSA) is 93.2 Å². The van der Waals surface area contributed by atoms with Crippen LogP contribution in [0.15, 0.2) is 36.5 Å². The Morgan fingerprint density at radius 3 is 2.81 bits per heavy atom. The SMILES string of the molecule is CNc1snc(C)c1C(=O)OC(C)C(=O)Nc1cccc2ncccc12. The van der Waals surface area contributed by atoms with Crippen molar-refractivity contribution >= 4 is 45.0 Å². The summed E-state index contributed by atoms with van der Waals surface area (Å²) in [5, 5.41) is 7.13. The van der Waals surface area contributed by atoms with Gasteiger partial charge in [0, 0.05) is 18.6 Å². The van der Waals surface area contributed by atoms with Gasteiger partial charge in [-0.2, -0.15) is 4.37 Å². The van der Waals surface area contributed by atoms with E-state index in [1.165, 1.54) is 18.5 Å². The van der Waals surface area contributed by atoms with Crippen molar-refractivity contribution in [3.8, 4) is 0 Å². The minimum Gasteiger partial charge on any atom is -0.449 e. The highest BCUT2D eigenvalue weighted by molar-refractivity contribution is 7.10. The highest BCUT2D eigenvalue weighted by Crippen LogP contribution is 2.25. The highest BCUT2D eigenvalue weighted by Gasteiger charge is 2.24. The Morgan fingerprint density at radius 2 is 2.04 bits per heavy atom. The van der Waals surface area contributed by atoms with Crippen LogP contribution in [0.1, 0.15) is 23.0 Å². The maximum atomic E-state index is 12.5. The number of aryl methyl sites for hydroxylation is 1. The molecule has 0 spiro atoms. The van der Waals surface area contributed by atoms with Crippen LogP contribution in [-0.2, 0) is 9.53 Å². The van der Waals surface area contributed by atoms with Crippen molar-refractivity contribution in [3.63, 3.8) is 0 Å². The van der Waals surface area contributed by atoms with Gasteiger partial charge in [-0.1, -0.05) is 6.07 Å². The number of ether oxygens (including phenoxy) is 1. The molecule has 0 saturated heterocycles. The lowest BCUT2D eigenvalue weighted by atomic mass is 10.2. The van der Waals surface area contributed by atoms with E-state index in [0.29, 0.717) is 21.9 Å². The lowest BCUT2D eigenvalue weighted by molar-refractivity contribution is -0.123.